The van der Waals surface area contributed by atoms with Crippen LogP contribution >= 0.6 is 0 Å². The molecule has 0 aromatic rings. The molecule has 0 aliphatic rings. The van der Waals surface area contributed by atoms with Crippen LogP contribution in [-0.2, 0) is 25.0 Å². The molecule has 0 aromatic carbocycles. The Bertz CT molecular complexity index is 192. The third kappa shape index (κ3) is 10.8. The van der Waals surface area contributed by atoms with E-state index in [1.165, 1.54) is 0 Å². The average molecular weight is 267 g/mol. The van der Waals surface area contributed by atoms with Gasteiger partial charge in [0.2, 0.25) is 0 Å². The molecule has 0 fully saturated rings. The van der Waals surface area contributed by atoms with Gasteiger partial charge < -0.3 is 19.9 Å². The normalized spacial score (nSPS) is 14.8. The van der Waals surface area contributed by atoms with Crippen molar-refractivity contribution in [1.82, 2.24) is 0 Å². The molecule has 0 spiro atoms. The summed E-state index contributed by atoms with van der Waals surface area (Å²) < 4.78 is 27.0. The van der Waals surface area contributed by atoms with Gasteiger partial charge in [-0.1, -0.05) is 6.92 Å². The monoisotopic (exact) mass is 267 g/mol. The highest BCUT2D eigenvalue weighted by Gasteiger charge is 2.09. The van der Waals surface area contributed by atoms with Crippen LogP contribution in [0, 0.1) is 0 Å². The molecular formula is C11H25NO4S. The van der Waals surface area contributed by atoms with Crippen molar-refractivity contribution in [2.75, 3.05) is 52.4 Å². The van der Waals surface area contributed by atoms with Crippen molar-refractivity contribution in [1.29, 1.82) is 0 Å². The number of hydrogen-bond acceptors (Lipinski definition) is 5. The molecule has 5 nitrogen and oxygen atoms in total. The first-order chi connectivity index (χ1) is 8.22. The molecule has 0 saturated heterocycles. The molecule has 2 N–H and O–H groups in total. The predicted octanol–water partition coefficient (Wildman–Crippen LogP) is 0.152. The topological polar surface area (TPSA) is 70.8 Å². The third-order valence-electron chi connectivity index (χ3n) is 2.25. The van der Waals surface area contributed by atoms with E-state index in [4.69, 9.17) is 19.9 Å². The van der Waals surface area contributed by atoms with E-state index in [0.717, 1.165) is 6.42 Å². The summed E-state index contributed by atoms with van der Waals surface area (Å²) in [5.41, 5.74) is 5.41. The van der Waals surface area contributed by atoms with Crippen molar-refractivity contribution in [3.05, 3.63) is 0 Å². The zero-order valence-corrected chi connectivity index (χ0v) is 11.7. The Labute approximate surface area is 106 Å². The summed E-state index contributed by atoms with van der Waals surface area (Å²) in [7, 11) is 0.796. The number of ether oxygens (including phenoxy) is 3. The van der Waals surface area contributed by atoms with Crippen LogP contribution in [0.4, 0.5) is 0 Å². The zero-order chi connectivity index (χ0) is 12.9. The molecular weight excluding hydrogens is 242 g/mol. The van der Waals surface area contributed by atoms with Crippen molar-refractivity contribution in [2.45, 2.75) is 18.6 Å². The molecule has 2 unspecified atom stereocenters. The molecule has 0 saturated carbocycles. The highest BCUT2D eigenvalue weighted by Crippen LogP contribution is 2.00. The average Bonchev–Trinajstić information content (AvgIpc) is 2.32. The van der Waals surface area contributed by atoms with E-state index >= 15 is 0 Å². The largest absolute Gasteiger partial charge is 0.382 e. The number of hydrogen-bond donors (Lipinski definition) is 1. The lowest BCUT2D eigenvalue weighted by molar-refractivity contribution is 0.0285. The Hall–Kier alpha value is -0.0100. The smallest absolute Gasteiger partial charge is 0.0701 e. The van der Waals surface area contributed by atoms with Gasteiger partial charge in [-0.3, -0.25) is 4.21 Å². The number of rotatable bonds is 12. The maximum absolute atomic E-state index is 11.6. The van der Waals surface area contributed by atoms with E-state index in [9.17, 15) is 4.21 Å². The lowest BCUT2D eigenvalue weighted by Crippen LogP contribution is -2.21. The van der Waals surface area contributed by atoms with Gasteiger partial charge in [-0.2, -0.15) is 0 Å². The molecule has 6 heteroatoms. The van der Waals surface area contributed by atoms with Gasteiger partial charge in [0.15, 0.2) is 0 Å². The SMILES string of the molecule is COCCOCCOCCS(=O)C(C)CCN. The molecule has 2 atom stereocenters. The van der Waals surface area contributed by atoms with Crippen LogP contribution in [0.3, 0.4) is 0 Å². The molecule has 0 radical (unpaired) electrons. The Morgan fingerprint density at radius 3 is 2.29 bits per heavy atom. The molecule has 0 heterocycles. The van der Waals surface area contributed by atoms with Crippen LogP contribution in [-0.4, -0.2) is 61.9 Å². The van der Waals surface area contributed by atoms with Crippen LogP contribution in [0.15, 0.2) is 0 Å². The van der Waals surface area contributed by atoms with Crippen molar-refractivity contribution in [3.8, 4) is 0 Å². The van der Waals surface area contributed by atoms with E-state index in [0.29, 0.717) is 45.3 Å². The van der Waals surface area contributed by atoms with Gasteiger partial charge in [0.25, 0.3) is 0 Å². The van der Waals surface area contributed by atoms with Crippen molar-refractivity contribution >= 4 is 10.8 Å². The summed E-state index contributed by atoms with van der Waals surface area (Å²) in [4.78, 5) is 0. The predicted molar refractivity (Wildman–Crippen MR) is 69.7 cm³/mol. The van der Waals surface area contributed by atoms with E-state index in [2.05, 4.69) is 0 Å². The van der Waals surface area contributed by atoms with Gasteiger partial charge in [0.05, 0.1) is 33.0 Å². The van der Waals surface area contributed by atoms with E-state index in [1.54, 1.807) is 7.11 Å². The van der Waals surface area contributed by atoms with Gasteiger partial charge >= 0.3 is 0 Å². The van der Waals surface area contributed by atoms with Gasteiger partial charge in [0, 0.05) is 28.9 Å². The second kappa shape index (κ2) is 12.4. The van der Waals surface area contributed by atoms with Gasteiger partial charge in [-0.25, -0.2) is 0 Å². The maximum Gasteiger partial charge on any atom is 0.0701 e. The highest BCUT2D eigenvalue weighted by atomic mass is 32.2. The summed E-state index contributed by atoms with van der Waals surface area (Å²) in [6.07, 6.45) is 0.798. The lowest BCUT2D eigenvalue weighted by Gasteiger charge is -2.10. The fraction of sp³-hybridized carbons (Fsp3) is 1.00. The molecule has 0 amide bonds. The molecule has 0 aliphatic heterocycles. The minimum absolute atomic E-state index is 0.154. The minimum Gasteiger partial charge on any atom is -0.382 e. The Kier molecular flexibility index (Phi) is 12.4. The van der Waals surface area contributed by atoms with Crippen LogP contribution in [0.1, 0.15) is 13.3 Å². The van der Waals surface area contributed by atoms with Gasteiger partial charge in [-0.15, -0.1) is 0 Å². The summed E-state index contributed by atoms with van der Waals surface area (Å²) in [6.45, 7) is 5.31. The molecule has 0 aliphatic carbocycles. The number of methoxy groups -OCH3 is 1. The minimum atomic E-state index is -0.841. The molecule has 17 heavy (non-hydrogen) atoms. The van der Waals surface area contributed by atoms with Crippen molar-refractivity contribution in [3.63, 3.8) is 0 Å². The third-order valence-corrected chi connectivity index (χ3v) is 3.96. The molecule has 104 valence electrons. The van der Waals surface area contributed by atoms with E-state index in [-0.39, 0.29) is 5.25 Å². The fourth-order valence-corrected chi connectivity index (χ4v) is 2.26. The second-order valence-corrected chi connectivity index (χ2v) is 5.66. The molecule has 0 bridgehead atoms. The van der Waals surface area contributed by atoms with Gasteiger partial charge in [0.1, 0.15) is 0 Å². The lowest BCUT2D eigenvalue weighted by atomic mass is 10.3. The zero-order valence-electron chi connectivity index (χ0n) is 10.9. The first-order valence-corrected chi connectivity index (χ1v) is 7.32. The van der Waals surface area contributed by atoms with Crippen molar-refractivity contribution < 1.29 is 18.4 Å². The Balaban J connectivity index is 3.24. The van der Waals surface area contributed by atoms with Gasteiger partial charge in [-0.05, 0) is 13.0 Å². The van der Waals surface area contributed by atoms with E-state index in [1.807, 2.05) is 6.92 Å². The Morgan fingerprint density at radius 2 is 1.71 bits per heavy atom. The van der Waals surface area contributed by atoms with Crippen LogP contribution in [0.5, 0.6) is 0 Å². The van der Waals surface area contributed by atoms with Crippen LogP contribution in [0.2, 0.25) is 0 Å². The summed E-state index contributed by atoms with van der Waals surface area (Å²) in [5, 5.41) is 0.154. The maximum atomic E-state index is 11.6. The highest BCUT2D eigenvalue weighted by molar-refractivity contribution is 7.85. The summed E-state index contributed by atoms with van der Waals surface area (Å²) >= 11 is 0. The van der Waals surface area contributed by atoms with Crippen LogP contribution < -0.4 is 5.73 Å². The molecule has 0 aromatic heterocycles. The van der Waals surface area contributed by atoms with Crippen molar-refractivity contribution in [2.24, 2.45) is 5.73 Å². The summed E-state index contributed by atoms with van der Waals surface area (Å²) in [5.74, 6) is 0.569. The van der Waals surface area contributed by atoms with Crippen LogP contribution in [0.25, 0.3) is 0 Å². The molecule has 0 rings (SSSR count). The first-order valence-electron chi connectivity index (χ1n) is 5.94. The van der Waals surface area contributed by atoms with E-state index < -0.39 is 10.8 Å². The quantitative estimate of drug-likeness (QED) is 0.510. The number of nitrogens with two attached hydrogens (primary N) is 1. The standard InChI is InChI=1S/C11H25NO4S/c1-11(3-4-12)17(13)10-9-16-8-7-15-6-5-14-2/h11H,3-10,12H2,1-2H3. The summed E-state index contributed by atoms with van der Waals surface area (Å²) in [6, 6.07) is 0. The second-order valence-electron chi connectivity index (χ2n) is 3.69. The fourth-order valence-electron chi connectivity index (χ4n) is 1.17. The first kappa shape index (κ1) is 17.0. The Morgan fingerprint density at radius 1 is 1.12 bits per heavy atom.